The molecule has 28 heavy (non-hydrogen) atoms. The van der Waals surface area contributed by atoms with Gasteiger partial charge in [-0.1, -0.05) is 66.5 Å². The second kappa shape index (κ2) is 9.40. The number of carbonyl (C=O) groups is 1. The lowest BCUT2D eigenvalue weighted by Gasteiger charge is -2.23. The number of nitrogens with zero attached hydrogens (tertiary/aromatic N) is 3. The molecule has 0 saturated heterocycles. The number of carbonyl (C=O) groups excluding carboxylic acids is 1. The summed E-state index contributed by atoms with van der Waals surface area (Å²) in [6.07, 6.45) is -3.32. The van der Waals surface area contributed by atoms with Gasteiger partial charge in [-0.05, 0) is 11.6 Å². The van der Waals surface area contributed by atoms with Crippen LogP contribution < -0.4 is 0 Å². The van der Waals surface area contributed by atoms with Gasteiger partial charge in [0.05, 0.1) is 13.2 Å². The van der Waals surface area contributed by atoms with E-state index in [1.54, 1.807) is 26.0 Å². The molecule has 0 aliphatic carbocycles. The molecule has 1 aromatic heterocycles. The van der Waals surface area contributed by atoms with E-state index in [0.717, 1.165) is 0 Å². The number of halogens is 5. The standard InChI is InChI=1S/C17H16Cl2F3N3O3/c1-10(2)15(26)25(27-8-7-13(18)19)9-11-3-5-12(6-4-11)14-23-16(28-24-14)17(20,21)22/h3-7,10H,8-9H2,1-2H3. The summed E-state index contributed by atoms with van der Waals surface area (Å²) < 4.78 is 41.9. The number of alkyl halides is 3. The Labute approximate surface area is 168 Å². The summed E-state index contributed by atoms with van der Waals surface area (Å²) in [5.74, 6) is -2.17. The first-order valence-corrected chi connectivity index (χ1v) is 8.79. The molecule has 2 rings (SSSR count). The van der Waals surface area contributed by atoms with Crippen molar-refractivity contribution >= 4 is 29.1 Å². The third kappa shape index (κ3) is 6.22. The smallest absolute Gasteiger partial charge is 0.329 e. The van der Waals surface area contributed by atoms with Gasteiger partial charge in [0.15, 0.2) is 0 Å². The summed E-state index contributed by atoms with van der Waals surface area (Å²) in [7, 11) is 0. The van der Waals surface area contributed by atoms with Crippen LogP contribution in [0.5, 0.6) is 0 Å². The largest absolute Gasteiger partial charge is 0.471 e. The molecule has 0 aliphatic rings. The van der Waals surface area contributed by atoms with Crippen molar-refractivity contribution in [3.05, 3.63) is 46.3 Å². The Bertz CT molecular complexity index is 832. The monoisotopic (exact) mass is 437 g/mol. The molecule has 0 unspecified atom stereocenters. The van der Waals surface area contributed by atoms with E-state index in [0.29, 0.717) is 11.1 Å². The Morgan fingerprint density at radius 2 is 1.93 bits per heavy atom. The molecule has 0 bridgehead atoms. The molecule has 152 valence electrons. The lowest BCUT2D eigenvalue weighted by atomic mass is 10.1. The molecule has 0 spiro atoms. The van der Waals surface area contributed by atoms with Gasteiger partial charge < -0.3 is 4.52 Å². The summed E-state index contributed by atoms with van der Waals surface area (Å²) in [5.41, 5.74) is 1.01. The number of rotatable bonds is 7. The van der Waals surface area contributed by atoms with Crippen LogP contribution in [0.4, 0.5) is 13.2 Å². The van der Waals surface area contributed by atoms with Crippen LogP contribution in [0.15, 0.2) is 39.4 Å². The maximum Gasteiger partial charge on any atom is 0.471 e. The number of amides is 1. The number of hydroxylamine groups is 2. The summed E-state index contributed by atoms with van der Waals surface area (Å²) in [5, 5.41) is 4.49. The van der Waals surface area contributed by atoms with E-state index in [1.807, 2.05) is 0 Å². The summed E-state index contributed by atoms with van der Waals surface area (Å²) in [6.45, 7) is 3.56. The van der Waals surface area contributed by atoms with E-state index >= 15 is 0 Å². The zero-order valence-corrected chi connectivity index (χ0v) is 16.3. The van der Waals surface area contributed by atoms with Crippen molar-refractivity contribution in [2.75, 3.05) is 6.61 Å². The minimum Gasteiger partial charge on any atom is -0.329 e. The first kappa shape index (κ1) is 22.2. The second-order valence-corrected chi connectivity index (χ2v) is 6.94. The Morgan fingerprint density at radius 1 is 1.29 bits per heavy atom. The Morgan fingerprint density at radius 3 is 2.43 bits per heavy atom. The van der Waals surface area contributed by atoms with Crippen LogP contribution in [0.1, 0.15) is 25.3 Å². The van der Waals surface area contributed by atoms with E-state index in [2.05, 4.69) is 14.7 Å². The lowest BCUT2D eigenvalue weighted by molar-refractivity contribution is -0.189. The average molecular weight is 438 g/mol. The van der Waals surface area contributed by atoms with Crippen LogP contribution in [0.2, 0.25) is 0 Å². The van der Waals surface area contributed by atoms with Crippen molar-refractivity contribution in [2.45, 2.75) is 26.6 Å². The molecule has 0 aliphatic heterocycles. The highest BCUT2D eigenvalue weighted by Crippen LogP contribution is 2.29. The average Bonchev–Trinajstić information content (AvgIpc) is 3.11. The van der Waals surface area contributed by atoms with Gasteiger partial charge in [-0.25, -0.2) is 5.06 Å². The molecule has 0 atom stereocenters. The summed E-state index contributed by atoms with van der Waals surface area (Å²) >= 11 is 11.0. The van der Waals surface area contributed by atoms with E-state index in [1.165, 1.54) is 23.3 Å². The molecule has 0 saturated carbocycles. The van der Waals surface area contributed by atoms with Crippen LogP contribution in [0.3, 0.4) is 0 Å². The van der Waals surface area contributed by atoms with Gasteiger partial charge in [0.1, 0.15) is 4.49 Å². The molecule has 2 aromatic rings. The summed E-state index contributed by atoms with van der Waals surface area (Å²) in [4.78, 5) is 21.0. The molecule has 1 heterocycles. The maximum absolute atomic E-state index is 12.5. The third-order valence-electron chi connectivity index (χ3n) is 3.41. The van der Waals surface area contributed by atoms with E-state index in [4.69, 9.17) is 28.0 Å². The number of hydrogen-bond acceptors (Lipinski definition) is 5. The predicted molar refractivity (Wildman–Crippen MR) is 95.9 cm³/mol. The van der Waals surface area contributed by atoms with E-state index < -0.39 is 12.1 Å². The molecule has 1 aromatic carbocycles. The zero-order chi connectivity index (χ0) is 20.9. The van der Waals surface area contributed by atoms with Gasteiger partial charge in [0, 0.05) is 11.5 Å². The Kier molecular flexibility index (Phi) is 7.45. The second-order valence-electron chi connectivity index (χ2n) is 5.94. The highest BCUT2D eigenvalue weighted by Gasteiger charge is 2.38. The fourth-order valence-corrected chi connectivity index (χ4v) is 2.17. The molecule has 6 nitrogen and oxygen atoms in total. The number of hydrogen-bond donors (Lipinski definition) is 0. The van der Waals surface area contributed by atoms with Crippen molar-refractivity contribution in [3.8, 4) is 11.4 Å². The SMILES string of the molecule is CC(C)C(=O)N(Cc1ccc(-c2noc(C(F)(F)F)n2)cc1)OCC=C(Cl)Cl. The van der Waals surface area contributed by atoms with Crippen molar-refractivity contribution in [3.63, 3.8) is 0 Å². The minimum absolute atomic E-state index is 0.00194. The Balaban J connectivity index is 2.12. The van der Waals surface area contributed by atoms with Gasteiger partial charge in [-0.15, -0.1) is 0 Å². The molecular weight excluding hydrogens is 422 g/mol. The zero-order valence-electron chi connectivity index (χ0n) is 14.8. The van der Waals surface area contributed by atoms with Crippen LogP contribution in [0.25, 0.3) is 11.4 Å². The van der Waals surface area contributed by atoms with Crippen LogP contribution in [-0.4, -0.2) is 27.7 Å². The van der Waals surface area contributed by atoms with E-state index in [9.17, 15) is 18.0 Å². The summed E-state index contributed by atoms with van der Waals surface area (Å²) in [6, 6.07) is 6.28. The number of aromatic nitrogens is 2. The molecule has 0 fully saturated rings. The van der Waals surface area contributed by atoms with Crippen molar-refractivity contribution in [1.82, 2.24) is 15.2 Å². The molecule has 0 radical (unpaired) electrons. The fraction of sp³-hybridized carbons (Fsp3) is 0.353. The quantitative estimate of drug-likeness (QED) is 0.570. The molecule has 0 N–H and O–H groups in total. The van der Waals surface area contributed by atoms with Gasteiger partial charge in [-0.3, -0.25) is 9.63 Å². The van der Waals surface area contributed by atoms with E-state index in [-0.39, 0.29) is 35.3 Å². The van der Waals surface area contributed by atoms with Gasteiger partial charge in [-0.2, -0.15) is 18.2 Å². The van der Waals surface area contributed by atoms with Crippen LogP contribution in [-0.2, 0) is 22.4 Å². The molecule has 11 heteroatoms. The minimum atomic E-state index is -4.71. The number of benzene rings is 1. The first-order chi connectivity index (χ1) is 13.1. The highest BCUT2D eigenvalue weighted by atomic mass is 35.5. The Hall–Kier alpha value is -2.10. The molecular formula is C17H16Cl2F3N3O3. The van der Waals surface area contributed by atoms with Crippen molar-refractivity contribution in [2.24, 2.45) is 5.92 Å². The van der Waals surface area contributed by atoms with Crippen molar-refractivity contribution in [1.29, 1.82) is 0 Å². The fourth-order valence-electron chi connectivity index (χ4n) is 2.05. The van der Waals surface area contributed by atoms with Crippen molar-refractivity contribution < 1.29 is 27.3 Å². The van der Waals surface area contributed by atoms with Gasteiger partial charge in [0.25, 0.3) is 0 Å². The normalized spacial score (nSPS) is 11.6. The van der Waals surface area contributed by atoms with Crippen LogP contribution >= 0.6 is 23.2 Å². The first-order valence-electron chi connectivity index (χ1n) is 8.03. The van der Waals surface area contributed by atoms with Gasteiger partial charge in [0.2, 0.25) is 11.7 Å². The maximum atomic E-state index is 12.5. The molecule has 1 amide bonds. The highest BCUT2D eigenvalue weighted by molar-refractivity contribution is 6.55. The van der Waals surface area contributed by atoms with Gasteiger partial charge >= 0.3 is 12.1 Å². The van der Waals surface area contributed by atoms with Crippen LogP contribution in [0, 0.1) is 5.92 Å². The topological polar surface area (TPSA) is 68.5 Å². The third-order valence-corrected chi connectivity index (χ3v) is 3.72. The predicted octanol–water partition coefficient (Wildman–Crippen LogP) is 4.99. The lowest BCUT2D eigenvalue weighted by Crippen LogP contribution is -2.34.